The molecular formula is C9H8N2O8S. The van der Waals surface area contributed by atoms with E-state index in [1.165, 1.54) is 0 Å². The van der Waals surface area contributed by atoms with Gasteiger partial charge in [-0.3, -0.25) is 24.4 Å². The largest absolute Gasteiger partial charge is 0.285 e. The molecular weight excluding hydrogens is 296 g/mol. The van der Waals surface area contributed by atoms with E-state index in [-0.39, 0.29) is 10.1 Å². The molecule has 3 fully saturated rings. The first-order chi connectivity index (χ1) is 9.15. The Morgan fingerprint density at radius 1 is 0.900 bits per heavy atom. The Balaban J connectivity index is 1.94. The fourth-order valence-corrected chi connectivity index (χ4v) is 3.37. The van der Waals surface area contributed by atoms with Crippen LogP contribution in [0.3, 0.4) is 0 Å². The molecule has 0 aromatic rings. The molecule has 1 saturated carbocycles. The van der Waals surface area contributed by atoms with E-state index in [1.807, 2.05) is 0 Å². The number of nitrogens with zero attached hydrogens (tertiary/aromatic N) is 2. The van der Waals surface area contributed by atoms with Gasteiger partial charge in [-0.05, 0) is 0 Å². The normalized spacial score (nSPS) is 36.3. The molecule has 108 valence electrons. The summed E-state index contributed by atoms with van der Waals surface area (Å²) in [5.74, 6) is -8.53. The molecule has 3 rings (SSSR count). The van der Waals surface area contributed by atoms with Crippen LogP contribution in [-0.2, 0) is 33.6 Å². The van der Waals surface area contributed by atoms with Crippen molar-refractivity contribution in [3.63, 3.8) is 0 Å². The first kappa shape index (κ1) is 13.1. The standard InChI is InChI=1S/C9H8N2O8S/c1-20(17,18)19-11-8(14)4-2-3(5(4)9(11)15)7(13)10(16)6(2)12/h2-5,16H,1H3. The van der Waals surface area contributed by atoms with E-state index in [4.69, 9.17) is 0 Å². The average molecular weight is 304 g/mol. The number of hydrogen-bond acceptors (Lipinski definition) is 8. The van der Waals surface area contributed by atoms with Gasteiger partial charge >= 0.3 is 0 Å². The van der Waals surface area contributed by atoms with Gasteiger partial charge in [0.2, 0.25) is 0 Å². The number of fused-ring (bicyclic) bond motifs is 4. The lowest BCUT2D eigenvalue weighted by Crippen LogP contribution is -2.50. The van der Waals surface area contributed by atoms with Gasteiger partial charge in [0.15, 0.2) is 0 Å². The van der Waals surface area contributed by atoms with E-state index in [0.29, 0.717) is 6.26 Å². The third kappa shape index (κ3) is 1.42. The van der Waals surface area contributed by atoms with Crippen molar-refractivity contribution in [1.29, 1.82) is 0 Å². The van der Waals surface area contributed by atoms with Crippen molar-refractivity contribution in [3.05, 3.63) is 0 Å². The van der Waals surface area contributed by atoms with E-state index >= 15 is 0 Å². The minimum atomic E-state index is -4.10. The Labute approximate surface area is 111 Å². The Morgan fingerprint density at radius 3 is 1.60 bits per heavy atom. The van der Waals surface area contributed by atoms with E-state index < -0.39 is 57.4 Å². The second kappa shape index (κ2) is 3.62. The third-order valence-electron chi connectivity index (χ3n) is 3.72. The molecule has 20 heavy (non-hydrogen) atoms. The average Bonchev–Trinajstić information content (AvgIpc) is 2.57. The molecule has 0 bridgehead atoms. The molecule has 4 unspecified atom stereocenters. The van der Waals surface area contributed by atoms with Gasteiger partial charge in [-0.25, -0.2) is 0 Å². The van der Waals surface area contributed by atoms with Gasteiger partial charge in [-0.1, -0.05) is 0 Å². The first-order valence-electron chi connectivity index (χ1n) is 5.49. The fraction of sp³-hybridized carbons (Fsp3) is 0.556. The number of carbonyl (C=O) groups is 4. The molecule has 1 N–H and O–H groups in total. The molecule has 4 amide bonds. The monoisotopic (exact) mass is 304 g/mol. The molecule has 0 spiro atoms. The Hall–Kier alpha value is -1.85. The van der Waals surface area contributed by atoms with E-state index in [0.717, 1.165) is 0 Å². The highest BCUT2D eigenvalue weighted by molar-refractivity contribution is 7.85. The number of imide groups is 2. The van der Waals surface area contributed by atoms with Crippen molar-refractivity contribution in [2.45, 2.75) is 0 Å². The zero-order valence-electron chi connectivity index (χ0n) is 9.92. The maximum absolute atomic E-state index is 11.9. The zero-order chi connectivity index (χ0) is 15.0. The molecule has 0 aromatic heterocycles. The molecule has 3 aliphatic rings. The van der Waals surface area contributed by atoms with Crippen LogP contribution in [0.5, 0.6) is 0 Å². The minimum Gasteiger partial charge on any atom is -0.278 e. The summed E-state index contributed by atoms with van der Waals surface area (Å²) >= 11 is 0. The topological polar surface area (TPSA) is 138 Å². The molecule has 4 atom stereocenters. The molecule has 0 aromatic carbocycles. The van der Waals surface area contributed by atoms with Crippen molar-refractivity contribution in [3.8, 4) is 0 Å². The van der Waals surface area contributed by atoms with E-state index in [2.05, 4.69) is 4.28 Å². The van der Waals surface area contributed by atoms with Crippen molar-refractivity contribution in [2.75, 3.05) is 6.26 Å². The summed E-state index contributed by atoms with van der Waals surface area (Å²) < 4.78 is 26.3. The number of hydrogen-bond donors (Lipinski definition) is 1. The summed E-state index contributed by atoms with van der Waals surface area (Å²) in [5, 5.41) is 9.17. The van der Waals surface area contributed by atoms with Crippen molar-refractivity contribution >= 4 is 33.7 Å². The highest BCUT2D eigenvalue weighted by Crippen LogP contribution is 2.56. The van der Waals surface area contributed by atoms with Crippen LogP contribution in [0.2, 0.25) is 0 Å². The van der Waals surface area contributed by atoms with Crippen LogP contribution < -0.4 is 0 Å². The number of hydroxylamine groups is 4. The van der Waals surface area contributed by atoms with Crippen LogP contribution in [0.4, 0.5) is 0 Å². The highest BCUT2D eigenvalue weighted by Gasteiger charge is 2.74. The van der Waals surface area contributed by atoms with Crippen LogP contribution in [-0.4, -0.2) is 53.6 Å². The van der Waals surface area contributed by atoms with E-state index in [9.17, 15) is 32.8 Å². The van der Waals surface area contributed by atoms with E-state index in [1.54, 1.807) is 0 Å². The van der Waals surface area contributed by atoms with Gasteiger partial charge in [0, 0.05) is 0 Å². The Kier molecular flexibility index (Phi) is 2.38. The quantitative estimate of drug-likeness (QED) is 0.436. The van der Waals surface area contributed by atoms with Crippen LogP contribution >= 0.6 is 0 Å². The van der Waals surface area contributed by atoms with Gasteiger partial charge in [-0.15, -0.1) is 9.35 Å². The molecule has 11 heteroatoms. The van der Waals surface area contributed by atoms with Gasteiger partial charge in [0.05, 0.1) is 29.9 Å². The van der Waals surface area contributed by atoms with Gasteiger partial charge in [0.25, 0.3) is 33.7 Å². The van der Waals surface area contributed by atoms with Gasteiger partial charge in [-0.2, -0.15) is 13.5 Å². The van der Waals surface area contributed by atoms with Gasteiger partial charge < -0.3 is 0 Å². The van der Waals surface area contributed by atoms with Gasteiger partial charge in [0.1, 0.15) is 0 Å². The van der Waals surface area contributed by atoms with Crippen LogP contribution in [0.1, 0.15) is 0 Å². The van der Waals surface area contributed by atoms with Crippen LogP contribution in [0.15, 0.2) is 0 Å². The summed E-state index contributed by atoms with van der Waals surface area (Å²) in [6, 6.07) is 0. The number of carbonyl (C=O) groups excluding carboxylic acids is 4. The number of amides is 4. The lowest BCUT2D eigenvalue weighted by Gasteiger charge is -2.35. The van der Waals surface area contributed by atoms with Crippen molar-refractivity contribution < 1.29 is 37.1 Å². The summed E-state index contributed by atoms with van der Waals surface area (Å²) in [6.07, 6.45) is 0.653. The third-order valence-corrected chi connectivity index (χ3v) is 4.14. The smallest absolute Gasteiger partial charge is 0.278 e. The predicted octanol–water partition coefficient (Wildman–Crippen LogP) is -2.52. The molecule has 2 saturated heterocycles. The predicted molar refractivity (Wildman–Crippen MR) is 55.4 cm³/mol. The fourth-order valence-electron chi connectivity index (χ4n) is 2.96. The maximum atomic E-state index is 11.9. The molecule has 0 radical (unpaired) electrons. The summed E-state index contributed by atoms with van der Waals surface area (Å²) in [5.41, 5.74) is 0. The zero-order valence-corrected chi connectivity index (χ0v) is 10.7. The lowest BCUT2D eigenvalue weighted by atomic mass is 9.59. The summed E-state index contributed by atoms with van der Waals surface area (Å²) in [4.78, 5) is 47.0. The van der Waals surface area contributed by atoms with Crippen molar-refractivity contribution in [1.82, 2.24) is 10.1 Å². The second-order valence-electron chi connectivity index (χ2n) is 4.84. The minimum absolute atomic E-state index is 0.0747. The second-order valence-corrected chi connectivity index (χ2v) is 6.40. The summed E-state index contributed by atoms with van der Waals surface area (Å²) in [6.45, 7) is 0. The van der Waals surface area contributed by atoms with Crippen molar-refractivity contribution in [2.24, 2.45) is 23.7 Å². The molecule has 1 aliphatic carbocycles. The maximum Gasteiger partial charge on any atom is 0.285 e. The summed E-state index contributed by atoms with van der Waals surface area (Å²) in [7, 11) is -4.10. The van der Waals surface area contributed by atoms with Crippen LogP contribution in [0, 0.1) is 23.7 Å². The Morgan fingerprint density at radius 2 is 1.25 bits per heavy atom. The molecule has 2 aliphatic heterocycles. The molecule has 2 heterocycles. The van der Waals surface area contributed by atoms with Crippen LogP contribution in [0.25, 0.3) is 0 Å². The lowest BCUT2D eigenvalue weighted by molar-refractivity contribution is -0.174. The first-order valence-corrected chi connectivity index (χ1v) is 7.31. The number of rotatable bonds is 2. The Bertz CT molecular complexity index is 629. The SMILES string of the molecule is CS(=O)(=O)ON1C(=O)C2C3C(=O)N(O)C(=O)C3C2C1=O. The highest BCUT2D eigenvalue weighted by atomic mass is 32.2. The molecule has 10 nitrogen and oxygen atoms in total.